The fourth-order valence-corrected chi connectivity index (χ4v) is 3.79. The smallest absolute Gasteiger partial charge is 0.320 e. The van der Waals surface area contributed by atoms with Crippen molar-refractivity contribution in [2.24, 2.45) is 5.92 Å². The number of urea groups is 1. The molecule has 2 N–H and O–H groups in total. The molecule has 0 spiro atoms. The lowest BCUT2D eigenvalue weighted by Crippen LogP contribution is -2.39. The zero-order valence-corrected chi connectivity index (χ0v) is 15.6. The molecule has 0 radical (unpaired) electrons. The van der Waals surface area contributed by atoms with E-state index in [-0.39, 0.29) is 6.03 Å². The number of benzene rings is 1. The molecule has 1 unspecified atom stereocenters. The van der Waals surface area contributed by atoms with Gasteiger partial charge < -0.3 is 10.1 Å². The van der Waals surface area contributed by atoms with Crippen LogP contribution >= 0.6 is 0 Å². The number of carbonyl (C=O) groups excluding carboxylic acids is 1. The second-order valence-electron chi connectivity index (χ2n) is 7.30. The van der Waals surface area contributed by atoms with Gasteiger partial charge in [-0.25, -0.2) is 9.48 Å². The summed E-state index contributed by atoms with van der Waals surface area (Å²) in [5.41, 5.74) is 2.84. The van der Waals surface area contributed by atoms with E-state index in [1.807, 2.05) is 10.7 Å². The van der Waals surface area contributed by atoms with Crippen molar-refractivity contribution in [3.63, 3.8) is 0 Å². The van der Waals surface area contributed by atoms with E-state index in [9.17, 15) is 4.79 Å². The number of fused-ring (bicyclic) bond motifs is 1. The Morgan fingerprint density at radius 2 is 2.15 bits per heavy atom. The molecule has 2 aliphatic heterocycles. The third-order valence-electron chi connectivity index (χ3n) is 5.34. The van der Waals surface area contributed by atoms with Crippen molar-refractivity contribution in [3.8, 4) is 0 Å². The van der Waals surface area contributed by atoms with Crippen LogP contribution in [0.15, 0.2) is 36.5 Å². The predicted octanol–water partition coefficient (Wildman–Crippen LogP) is 2.10. The Morgan fingerprint density at radius 1 is 1.26 bits per heavy atom. The quantitative estimate of drug-likeness (QED) is 0.818. The standard InChI is InChI=1S/C20H27N5O2/c26-20(23-19-5-8-22-25(19)13-16-7-12-27-15-16)21-9-11-24-10-6-17-3-1-2-4-18(17)14-24/h1-5,8,16H,6-7,9-15H2,(H2,21,23,26). The maximum Gasteiger partial charge on any atom is 0.320 e. The van der Waals surface area contributed by atoms with Gasteiger partial charge in [0.15, 0.2) is 0 Å². The van der Waals surface area contributed by atoms with Gasteiger partial charge in [-0.15, -0.1) is 0 Å². The third kappa shape index (κ3) is 4.67. The molecule has 1 fully saturated rings. The number of carbonyl (C=O) groups is 1. The van der Waals surface area contributed by atoms with Crippen LogP contribution in [0.2, 0.25) is 0 Å². The fourth-order valence-electron chi connectivity index (χ4n) is 3.79. The van der Waals surface area contributed by atoms with Crippen LogP contribution in [0.25, 0.3) is 0 Å². The van der Waals surface area contributed by atoms with E-state index in [4.69, 9.17) is 4.74 Å². The molecule has 0 saturated carbocycles. The predicted molar refractivity (Wildman–Crippen MR) is 104 cm³/mol. The SMILES string of the molecule is O=C(NCCN1CCc2ccccc2C1)Nc1ccnn1CC1CCOC1. The number of anilines is 1. The highest BCUT2D eigenvalue weighted by atomic mass is 16.5. The molecule has 1 atom stereocenters. The Bertz CT molecular complexity index is 769. The van der Waals surface area contributed by atoms with E-state index < -0.39 is 0 Å². The lowest BCUT2D eigenvalue weighted by molar-refractivity contribution is 0.181. The Kier molecular flexibility index (Phi) is 5.69. The van der Waals surface area contributed by atoms with E-state index in [0.29, 0.717) is 12.5 Å². The summed E-state index contributed by atoms with van der Waals surface area (Å²) in [6.45, 7) is 5.82. The maximum absolute atomic E-state index is 12.2. The minimum absolute atomic E-state index is 0.183. The number of hydrogen-bond donors (Lipinski definition) is 2. The molecule has 2 aliphatic rings. The second kappa shape index (κ2) is 8.54. The summed E-state index contributed by atoms with van der Waals surface area (Å²) in [5.74, 6) is 1.20. The van der Waals surface area contributed by atoms with Gasteiger partial charge in [-0.05, 0) is 24.0 Å². The van der Waals surface area contributed by atoms with E-state index >= 15 is 0 Å². The molecule has 27 heavy (non-hydrogen) atoms. The molecule has 2 amide bonds. The highest BCUT2D eigenvalue weighted by Crippen LogP contribution is 2.18. The van der Waals surface area contributed by atoms with E-state index in [1.165, 1.54) is 11.1 Å². The Morgan fingerprint density at radius 3 is 3.00 bits per heavy atom. The minimum atomic E-state index is -0.183. The molecule has 144 valence electrons. The summed E-state index contributed by atoms with van der Waals surface area (Å²) >= 11 is 0. The number of amides is 2. The zero-order chi connectivity index (χ0) is 18.5. The van der Waals surface area contributed by atoms with Gasteiger partial charge in [0.25, 0.3) is 0 Å². The number of nitrogens with zero attached hydrogens (tertiary/aromatic N) is 3. The highest BCUT2D eigenvalue weighted by Gasteiger charge is 2.19. The molecule has 7 heteroatoms. The van der Waals surface area contributed by atoms with Gasteiger partial charge in [0.1, 0.15) is 5.82 Å². The van der Waals surface area contributed by atoms with Crippen molar-refractivity contribution < 1.29 is 9.53 Å². The van der Waals surface area contributed by atoms with Crippen molar-refractivity contribution in [2.75, 3.05) is 38.2 Å². The Labute approximate surface area is 159 Å². The molecule has 1 aromatic carbocycles. The second-order valence-corrected chi connectivity index (χ2v) is 7.30. The zero-order valence-electron chi connectivity index (χ0n) is 15.6. The Balaban J connectivity index is 1.21. The number of hydrogen-bond acceptors (Lipinski definition) is 4. The molecule has 0 bridgehead atoms. The Hall–Kier alpha value is -2.38. The van der Waals surface area contributed by atoms with Crippen molar-refractivity contribution in [1.29, 1.82) is 0 Å². The summed E-state index contributed by atoms with van der Waals surface area (Å²) in [4.78, 5) is 14.6. The first-order chi connectivity index (χ1) is 13.3. The first-order valence-corrected chi connectivity index (χ1v) is 9.71. The number of nitrogens with one attached hydrogen (secondary N) is 2. The molecule has 3 heterocycles. The van der Waals surface area contributed by atoms with Crippen molar-refractivity contribution in [3.05, 3.63) is 47.7 Å². The minimum Gasteiger partial charge on any atom is -0.381 e. The van der Waals surface area contributed by atoms with Crippen LogP contribution in [0.5, 0.6) is 0 Å². The molecule has 1 saturated heterocycles. The van der Waals surface area contributed by atoms with Crippen LogP contribution in [0.4, 0.5) is 10.6 Å². The normalized spacial score (nSPS) is 19.6. The molecular formula is C20H27N5O2. The van der Waals surface area contributed by atoms with Crippen LogP contribution in [-0.2, 0) is 24.2 Å². The number of rotatable bonds is 6. The molecular weight excluding hydrogens is 342 g/mol. The van der Waals surface area contributed by atoms with Gasteiger partial charge in [0.2, 0.25) is 0 Å². The van der Waals surface area contributed by atoms with Crippen LogP contribution in [0.3, 0.4) is 0 Å². The van der Waals surface area contributed by atoms with Crippen LogP contribution in [-0.4, -0.2) is 53.6 Å². The van der Waals surface area contributed by atoms with Gasteiger partial charge in [-0.2, -0.15) is 5.10 Å². The summed E-state index contributed by atoms with van der Waals surface area (Å²) < 4.78 is 7.26. The third-order valence-corrected chi connectivity index (χ3v) is 5.34. The lowest BCUT2D eigenvalue weighted by Gasteiger charge is -2.28. The monoisotopic (exact) mass is 369 g/mol. The molecule has 2 aromatic rings. The maximum atomic E-state index is 12.2. The van der Waals surface area contributed by atoms with Crippen molar-refractivity contribution in [2.45, 2.75) is 25.9 Å². The van der Waals surface area contributed by atoms with Crippen LogP contribution < -0.4 is 10.6 Å². The first kappa shape index (κ1) is 18.0. The van der Waals surface area contributed by atoms with Crippen LogP contribution in [0, 0.1) is 5.92 Å². The summed E-state index contributed by atoms with van der Waals surface area (Å²) in [6, 6.07) is 10.2. The molecule has 7 nitrogen and oxygen atoms in total. The average Bonchev–Trinajstić information content (AvgIpc) is 3.34. The fraction of sp³-hybridized carbons (Fsp3) is 0.500. The van der Waals surface area contributed by atoms with Gasteiger partial charge >= 0.3 is 6.03 Å². The first-order valence-electron chi connectivity index (χ1n) is 9.71. The van der Waals surface area contributed by atoms with Crippen molar-refractivity contribution >= 4 is 11.8 Å². The molecule has 4 rings (SSSR count). The molecule has 1 aromatic heterocycles. The summed E-state index contributed by atoms with van der Waals surface area (Å²) in [6.07, 6.45) is 3.84. The van der Waals surface area contributed by atoms with Gasteiger partial charge in [0, 0.05) is 51.3 Å². The largest absolute Gasteiger partial charge is 0.381 e. The van der Waals surface area contributed by atoms with Crippen molar-refractivity contribution in [1.82, 2.24) is 20.0 Å². The summed E-state index contributed by atoms with van der Waals surface area (Å²) in [7, 11) is 0. The van der Waals surface area contributed by atoms with Gasteiger partial charge in [-0.1, -0.05) is 24.3 Å². The topological polar surface area (TPSA) is 71.4 Å². The average molecular weight is 369 g/mol. The van der Waals surface area contributed by atoms with E-state index in [2.05, 4.69) is 44.9 Å². The van der Waals surface area contributed by atoms with Gasteiger partial charge in [-0.3, -0.25) is 10.2 Å². The van der Waals surface area contributed by atoms with Gasteiger partial charge in [0.05, 0.1) is 12.8 Å². The summed E-state index contributed by atoms with van der Waals surface area (Å²) in [5, 5.41) is 10.2. The molecule has 0 aliphatic carbocycles. The van der Waals surface area contributed by atoms with E-state index in [1.54, 1.807) is 6.20 Å². The highest BCUT2D eigenvalue weighted by molar-refractivity contribution is 5.88. The number of aromatic nitrogens is 2. The lowest BCUT2D eigenvalue weighted by atomic mass is 10.00. The van der Waals surface area contributed by atoms with E-state index in [0.717, 1.165) is 58.1 Å². The van der Waals surface area contributed by atoms with Crippen LogP contribution in [0.1, 0.15) is 17.5 Å². The number of ether oxygens (including phenoxy) is 1.